The van der Waals surface area contributed by atoms with Gasteiger partial charge in [0.15, 0.2) is 0 Å². The molecule has 1 aliphatic heterocycles. The summed E-state index contributed by atoms with van der Waals surface area (Å²) >= 11 is 0. The predicted molar refractivity (Wildman–Crippen MR) is 103 cm³/mol. The quantitative estimate of drug-likeness (QED) is 0.752. The zero-order chi connectivity index (χ0) is 18.9. The Morgan fingerprint density at radius 2 is 2.15 bits per heavy atom. The highest BCUT2D eigenvalue weighted by atomic mass is 16.5. The molecule has 1 aromatic heterocycles. The number of urea groups is 1. The molecule has 144 valence electrons. The number of aromatic nitrogens is 2. The van der Waals surface area contributed by atoms with Crippen molar-refractivity contribution in [2.24, 2.45) is 0 Å². The molecule has 1 N–H and O–H groups in total. The minimum Gasteiger partial charge on any atom is -0.494 e. The first kappa shape index (κ1) is 18.9. The number of nitrogens with one attached hydrogen (secondary N) is 1. The van der Waals surface area contributed by atoms with Gasteiger partial charge in [0, 0.05) is 24.5 Å². The van der Waals surface area contributed by atoms with Gasteiger partial charge in [-0.1, -0.05) is 13.3 Å². The standard InChI is InChI=1S/C20H26N4O3/c1-2-3-13-26-17-8-6-16(7-9-17)23-20(25)24-12-4-5-18(14-24)27-19-10-11-21-15-22-19/h6-11,15,18H,2-5,12-14H2,1H3,(H,23,25). The zero-order valence-electron chi connectivity index (χ0n) is 15.6. The van der Waals surface area contributed by atoms with Crippen molar-refractivity contribution in [3.8, 4) is 11.6 Å². The highest BCUT2D eigenvalue weighted by Gasteiger charge is 2.25. The Morgan fingerprint density at radius 3 is 2.89 bits per heavy atom. The number of amides is 2. The number of unbranched alkanes of at least 4 members (excludes halogenated alkanes) is 1. The second-order valence-electron chi connectivity index (χ2n) is 6.53. The minimum atomic E-state index is -0.120. The Kier molecular flexibility index (Phi) is 6.84. The molecule has 7 heteroatoms. The van der Waals surface area contributed by atoms with Crippen LogP contribution in [0.3, 0.4) is 0 Å². The van der Waals surface area contributed by atoms with E-state index in [1.165, 1.54) is 6.33 Å². The fraction of sp³-hybridized carbons (Fsp3) is 0.450. The SMILES string of the molecule is CCCCOc1ccc(NC(=O)N2CCCC(Oc3ccncn3)C2)cc1. The van der Waals surface area contributed by atoms with Crippen LogP contribution in [0, 0.1) is 0 Å². The van der Waals surface area contributed by atoms with Crippen molar-refractivity contribution in [1.82, 2.24) is 14.9 Å². The predicted octanol–water partition coefficient (Wildman–Crippen LogP) is 3.73. The number of nitrogens with zero attached hydrogens (tertiary/aromatic N) is 3. The third-order valence-electron chi connectivity index (χ3n) is 4.38. The van der Waals surface area contributed by atoms with E-state index in [1.54, 1.807) is 17.2 Å². The van der Waals surface area contributed by atoms with Gasteiger partial charge in [0.25, 0.3) is 0 Å². The van der Waals surface area contributed by atoms with Gasteiger partial charge in [-0.25, -0.2) is 14.8 Å². The van der Waals surface area contributed by atoms with E-state index < -0.39 is 0 Å². The van der Waals surface area contributed by atoms with Crippen LogP contribution in [-0.2, 0) is 0 Å². The molecule has 2 aromatic rings. The lowest BCUT2D eigenvalue weighted by Crippen LogP contribution is -2.46. The van der Waals surface area contributed by atoms with Gasteiger partial charge in [-0.05, 0) is 43.5 Å². The molecule has 0 spiro atoms. The monoisotopic (exact) mass is 370 g/mol. The molecule has 7 nitrogen and oxygen atoms in total. The van der Waals surface area contributed by atoms with E-state index in [2.05, 4.69) is 22.2 Å². The molecule has 2 heterocycles. The first-order chi connectivity index (χ1) is 13.2. The van der Waals surface area contributed by atoms with E-state index >= 15 is 0 Å². The summed E-state index contributed by atoms with van der Waals surface area (Å²) < 4.78 is 11.5. The maximum atomic E-state index is 12.6. The van der Waals surface area contributed by atoms with E-state index in [0.29, 0.717) is 25.6 Å². The normalized spacial score (nSPS) is 16.6. The largest absolute Gasteiger partial charge is 0.494 e. The number of ether oxygens (including phenoxy) is 2. The molecule has 2 amide bonds. The molecule has 0 aliphatic carbocycles. The summed E-state index contributed by atoms with van der Waals surface area (Å²) in [6.07, 6.45) is 6.97. The number of likely N-dealkylation sites (tertiary alicyclic amines) is 1. The van der Waals surface area contributed by atoms with Crippen LogP contribution < -0.4 is 14.8 Å². The van der Waals surface area contributed by atoms with Crippen LogP contribution in [0.15, 0.2) is 42.9 Å². The molecule has 0 bridgehead atoms. The van der Waals surface area contributed by atoms with Crippen molar-refractivity contribution in [2.45, 2.75) is 38.7 Å². The number of carbonyl (C=O) groups excluding carboxylic acids is 1. The highest BCUT2D eigenvalue weighted by Crippen LogP contribution is 2.19. The molecule has 1 aliphatic rings. The zero-order valence-corrected chi connectivity index (χ0v) is 15.6. The third kappa shape index (κ3) is 5.84. The molecule has 1 atom stereocenters. The molecule has 1 unspecified atom stereocenters. The number of piperidine rings is 1. The first-order valence-corrected chi connectivity index (χ1v) is 9.46. The number of anilines is 1. The summed E-state index contributed by atoms with van der Waals surface area (Å²) in [5, 5.41) is 2.94. The molecule has 1 fully saturated rings. The van der Waals surface area contributed by atoms with Gasteiger partial charge in [0.2, 0.25) is 5.88 Å². The lowest BCUT2D eigenvalue weighted by atomic mass is 10.1. The molecule has 3 rings (SSSR count). The Labute approximate surface area is 159 Å². The topological polar surface area (TPSA) is 76.6 Å². The highest BCUT2D eigenvalue weighted by molar-refractivity contribution is 5.89. The van der Waals surface area contributed by atoms with Crippen LogP contribution in [0.25, 0.3) is 0 Å². The summed E-state index contributed by atoms with van der Waals surface area (Å²) in [5.74, 6) is 1.36. The smallest absolute Gasteiger partial charge is 0.321 e. The summed E-state index contributed by atoms with van der Waals surface area (Å²) in [4.78, 5) is 22.3. The summed E-state index contributed by atoms with van der Waals surface area (Å²) in [7, 11) is 0. The Balaban J connectivity index is 1.49. The van der Waals surface area contributed by atoms with Crippen molar-refractivity contribution in [2.75, 3.05) is 25.0 Å². The maximum absolute atomic E-state index is 12.6. The number of benzene rings is 1. The van der Waals surface area contributed by atoms with Crippen LogP contribution in [0.5, 0.6) is 11.6 Å². The van der Waals surface area contributed by atoms with E-state index in [-0.39, 0.29) is 12.1 Å². The Morgan fingerprint density at radius 1 is 1.30 bits per heavy atom. The molecule has 1 aromatic carbocycles. The number of rotatable bonds is 7. The van der Waals surface area contributed by atoms with Gasteiger partial charge >= 0.3 is 6.03 Å². The van der Waals surface area contributed by atoms with Gasteiger partial charge in [-0.3, -0.25) is 0 Å². The van der Waals surface area contributed by atoms with Crippen LogP contribution in [-0.4, -0.2) is 46.7 Å². The van der Waals surface area contributed by atoms with Crippen LogP contribution in [0.1, 0.15) is 32.6 Å². The molecular formula is C20H26N4O3. The molecule has 0 saturated carbocycles. The minimum absolute atomic E-state index is 0.0614. The van der Waals surface area contributed by atoms with Gasteiger partial charge in [-0.2, -0.15) is 0 Å². The van der Waals surface area contributed by atoms with Crippen LogP contribution >= 0.6 is 0 Å². The molecular weight excluding hydrogens is 344 g/mol. The third-order valence-corrected chi connectivity index (χ3v) is 4.38. The lowest BCUT2D eigenvalue weighted by molar-refractivity contribution is 0.102. The average Bonchev–Trinajstić information content (AvgIpc) is 2.70. The van der Waals surface area contributed by atoms with Gasteiger partial charge in [0.05, 0.1) is 13.2 Å². The van der Waals surface area contributed by atoms with E-state index in [0.717, 1.165) is 37.1 Å². The fourth-order valence-corrected chi connectivity index (χ4v) is 2.91. The molecule has 27 heavy (non-hydrogen) atoms. The van der Waals surface area contributed by atoms with Crippen molar-refractivity contribution in [1.29, 1.82) is 0 Å². The summed E-state index contributed by atoms with van der Waals surface area (Å²) in [5.41, 5.74) is 0.752. The number of hydrogen-bond acceptors (Lipinski definition) is 5. The van der Waals surface area contributed by atoms with Gasteiger partial charge in [0.1, 0.15) is 18.2 Å². The second kappa shape index (κ2) is 9.75. The van der Waals surface area contributed by atoms with Gasteiger partial charge in [-0.15, -0.1) is 0 Å². The fourth-order valence-electron chi connectivity index (χ4n) is 2.91. The summed E-state index contributed by atoms with van der Waals surface area (Å²) in [6, 6.07) is 9.08. The van der Waals surface area contributed by atoms with Gasteiger partial charge < -0.3 is 19.7 Å². The van der Waals surface area contributed by atoms with Crippen molar-refractivity contribution in [3.05, 3.63) is 42.9 Å². The van der Waals surface area contributed by atoms with Crippen molar-refractivity contribution < 1.29 is 14.3 Å². The number of hydrogen-bond donors (Lipinski definition) is 1. The first-order valence-electron chi connectivity index (χ1n) is 9.46. The maximum Gasteiger partial charge on any atom is 0.321 e. The van der Waals surface area contributed by atoms with E-state index in [9.17, 15) is 4.79 Å². The lowest BCUT2D eigenvalue weighted by Gasteiger charge is -2.32. The van der Waals surface area contributed by atoms with E-state index in [4.69, 9.17) is 9.47 Å². The van der Waals surface area contributed by atoms with Crippen LogP contribution in [0.2, 0.25) is 0 Å². The van der Waals surface area contributed by atoms with Crippen molar-refractivity contribution in [3.63, 3.8) is 0 Å². The Hall–Kier alpha value is -2.83. The molecule has 0 radical (unpaired) electrons. The Bertz CT molecular complexity index is 709. The molecule has 1 saturated heterocycles. The number of carbonyl (C=O) groups is 1. The second-order valence-corrected chi connectivity index (χ2v) is 6.53. The van der Waals surface area contributed by atoms with Crippen LogP contribution in [0.4, 0.5) is 10.5 Å². The van der Waals surface area contributed by atoms with E-state index in [1.807, 2.05) is 24.3 Å². The average molecular weight is 370 g/mol. The summed E-state index contributed by atoms with van der Waals surface area (Å²) in [6.45, 7) is 4.09. The van der Waals surface area contributed by atoms with Crippen molar-refractivity contribution >= 4 is 11.7 Å².